The number of halogens is 2. The van der Waals surface area contributed by atoms with Gasteiger partial charge in [-0.2, -0.15) is 0 Å². The van der Waals surface area contributed by atoms with Crippen LogP contribution in [0.5, 0.6) is 5.75 Å². The minimum atomic E-state index is -1.05. The maximum absolute atomic E-state index is 13.5. The number of benzene rings is 2. The van der Waals surface area contributed by atoms with Gasteiger partial charge in [0.2, 0.25) is 0 Å². The Balaban J connectivity index is 1.69. The zero-order valence-electron chi connectivity index (χ0n) is 16.1. The van der Waals surface area contributed by atoms with Crippen LogP contribution in [-0.2, 0) is 14.9 Å². The lowest BCUT2D eigenvalue weighted by Gasteiger charge is -2.19. The molecule has 2 aromatic carbocycles. The summed E-state index contributed by atoms with van der Waals surface area (Å²) < 4.78 is 36.5. The zero-order chi connectivity index (χ0) is 20.7. The number of nitrogens with one attached hydrogen (secondary N) is 1. The van der Waals surface area contributed by atoms with Crippen molar-refractivity contribution in [1.29, 1.82) is 0 Å². The van der Waals surface area contributed by atoms with E-state index in [-0.39, 0.29) is 18.6 Å². The number of esters is 1. The van der Waals surface area contributed by atoms with Gasteiger partial charge in [0.25, 0.3) is 5.91 Å². The first-order valence-electron chi connectivity index (χ1n) is 8.79. The number of ether oxygens (including phenoxy) is 2. The second kappa shape index (κ2) is 9.30. The third kappa shape index (κ3) is 6.33. The van der Waals surface area contributed by atoms with Gasteiger partial charge in [-0.25, -0.2) is 13.6 Å². The van der Waals surface area contributed by atoms with Crippen LogP contribution in [0, 0.1) is 11.6 Å². The van der Waals surface area contributed by atoms with E-state index in [0.29, 0.717) is 11.8 Å². The summed E-state index contributed by atoms with van der Waals surface area (Å²) in [7, 11) is 0. The second-order valence-corrected chi connectivity index (χ2v) is 7.17. The first-order valence-corrected chi connectivity index (χ1v) is 8.79. The van der Waals surface area contributed by atoms with Crippen molar-refractivity contribution in [2.45, 2.75) is 26.2 Å². The number of amides is 1. The fourth-order valence-corrected chi connectivity index (χ4v) is 2.33. The van der Waals surface area contributed by atoms with Gasteiger partial charge in [-0.3, -0.25) is 4.79 Å². The molecule has 0 fully saturated rings. The largest absolute Gasteiger partial charge is 0.492 e. The summed E-state index contributed by atoms with van der Waals surface area (Å²) in [5, 5.41) is 2.52. The van der Waals surface area contributed by atoms with Crippen molar-refractivity contribution in [3.8, 4) is 5.75 Å². The Hall–Kier alpha value is -2.96. The molecule has 0 saturated heterocycles. The third-order valence-electron chi connectivity index (χ3n) is 3.90. The van der Waals surface area contributed by atoms with Gasteiger partial charge in [0, 0.05) is 6.07 Å². The monoisotopic (exact) mass is 391 g/mol. The molecule has 0 unspecified atom stereocenters. The molecule has 0 radical (unpaired) electrons. The van der Waals surface area contributed by atoms with Gasteiger partial charge in [-0.1, -0.05) is 32.9 Å². The Labute approximate surface area is 162 Å². The van der Waals surface area contributed by atoms with Crippen LogP contribution < -0.4 is 10.1 Å². The number of carbonyl (C=O) groups is 2. The normalized spacial score (nSPS) is 11.0. The summed E-state index contributed by atoms with van der Waals surface area (Å²) in [6, 6.07) is 10.2. The molecule has 5 nitrogen and oxygen atoms in total. The lowest BCUT2D eigenvalue weighted by molar-refractivity contribution is -0.124. The van der Waals surface area contributed by atoms with Crippen LogP contribution in [0.2, 0.25) is 0 Å². The van der Waals surface area contributed by atoms with Gasteiger partial charge >= 0.3 is 5.97 Å². The molecule has 0 saturated carbocycles. The lowest BCUT2D eigenvalue weighted by Crippen LogP contribution is -2.32. The molecule has 0 aliphatic rings. The summed E-state index contributed by atoms with van der Waals surface area (Å²) in [6.45, 7) is 6.24. The van der Waals surface area contributed by atoms with Crippen molar-refractivity contribution in [2.24, 2.45) is 0 Å². The molecule has 0 spiro atoms. The highest BCUT2D eigenvalue weighted by Crippen LogP contribution is 2.24. The van der Waals surface area contributed by atoms with Crippen molar-refractivity contribution < 1.29 is 27.8 Å². The van der Waals surface area contributed by atoms with Crippen LogP contribution in [0.3, 0.4) is 0 Å². The molecule has 0 aliphatic heterocycles. The van der Waals surface area contributed by atoms with Gasteiger partial charge in [0.1, 0.15) is 24.0 Å². The highest BCUT2D eigenvalue weighted by molar-refractivity contribution is 5.91. The fourth-order valence-electron chi connectivity index (χ4n) is 2.33. The van der Waals surface area contributed by atoms with Gasteiger partial charge in [-0.15, -0.1) is 0 Å². The van der Waals surface area contributed by atoms with E-state index < -0.39 is 35.7 Å². The second-order valence-electron chi connectivity index (χ2n) is 7.17. The fraction of sp³-hybridized carbons (Fsp3) is 0.333. The van der Waals surface area contributed by atoms with Gasteiger partial charge < -0.3 is 14.8 Å². The van der Waals surface area contributed by atoms with E-state index in [4.69, 9.17) is 9.47 Å². The minimum Gasteiger partial charge on any atom is -0.492 e. The topological polar surface area (TPSA) is 64.6 Å². The van der Waals surface area contributed by atoms with Gasteiger partial charge in [0.05, 0.1) is 12.1 Å². The van der Waals surface area contributed by atoms with Crippen LogP contribution in [0.1, 0.15) is 36.7 Å². The summed E-state index contributed by atoms with van der Waals surface area (Å²) >= 11 is 0. The molecule has 0 aliphatic carbocycles. The van der Waals surface area contributed by atoms with Crippen molar-refractivity contribution >= 4 is 11.9 Å². The van der Waals surface area contributed by atoms with E-state index in [1.54, 1.807) is 0 Å². The number of hydrogen-bond donors (Lipinski definition) is 1. The van der Waals surface area contributed by atoms with E-state index in [9.17, 15) is 18.4 Å². The summed E-state index contributed by atoms with van der Waals surface area (Å²) in [4.78, 5) is 23.4. The Morgan fingerprint density at radius 2 is 1.71 bits per heavy atom. The van der Waals surface area contributed by atoms with E-state index in [1.165, 1.54) is 5.56 Å². The van der Waals surface area contributed by atoms with Crippen LogP contribution in [-0.4, -0.2) is 31.6 Å². The van der Waals surface area contributed by atoms with Crippen LogP contribution in [0.4, 0.5) is 8.78 Å². The van der Waals surface area contributed by atoms with Crippen LogP contribution in [0.25, 0.3) is 0 Å². The van der Waals surface area contributed by atoms with E-state index in [1.807, 2.05) is 24.3 Å². The molecule has 0 atom stereocenters. The first-order chi connectivity index (χ1) is 13.2. The molecular weight excluding hydrogens is 368 g/mol. The SMILES string of the molecule is CC(C)(C)c1ccc(OCCNC(=O)COC(=O)c2ccc(F)cc2F)cc1. The Kier molecular flexibility index (Phi) is 7.09. The molecule has 2 rings (SSSR count). The third-order valence-corrected chi connectivity index (χ3v) is 3.90. The summed E-state index contributed by atoms with van der Waals surface area (Å²) in [5.74, 6) is -2.76. The highest BCUT2D eigenvalue weighted by atomic mass is 19.1. The molecule has 28 heavy (non-hydrogen) atoms. The standard InChI is InChI=1S/C21H23F2NO4/c1-21(2,3)14-4-7-16(8-5-14)27-11-10-24-19(25)13-28-20(26)17-9-6-15(22)12-18(17)23/h4-9,12H,10-11,13H2,1-3H3,(H,24,25). The Bertz CT molecular complexity index is 829. The van der Waals surface area contributed by atoms with Crippen LogP contribution >= 0.6 is 0 Å². The van der Waals surface area contributed by atoms with Crippen molar-refractivity contribution in [2.75, 3.05) is 19.8 Å². The average Bonchev–Trinajstić information content (AvgIpc) is 2.63. The summed E-state index contributed by atoms with van der Waals surface area (Å²) in [6.07, 6.45) is 0. The van der Waals surface area contributed by atoms with E-state index >= 15 is 0 Å². The maximum atomic E-state index is 13.5. The molecule has 0 bridgehead atoms. The lowest BCUT2D eigenvalue weighted by atomic mass is 9.87. The maximum Gasteiger partial charge on any atom is 0.341 e. The van der Waals surface area contributed by atoms with Gasteiger partial charge in [-0.05, 0) is 35.2 Å². The average molecular weight is 391 g/mol. The minimum absolute atomic E-state index is 0.0563. The molecule has 1 N–H and O–H groups in total. The van der Waals surface area contributed by atoms with Crippen molar-refractivity contribution in [1.82, 2.24) is 5.32 Å². The molecule has 7 heteroatoms. The predicted octanol–water partition coefficient (Wildman–Crippen LogP) is 3.61. The zero-order valence-corrected chi connectivity index (χ0v) is 16.1. The highest BCUT2D eigenvalue weighted by Gasteiger charge is 2.15. The molecular formula is C21H23F2NO4. The molecule has 0 heterocycles. The van der Waals surface area contributed by atoms with Gasteiger partial charge in [0.15, 0.2) is 6.61 Å². The van der Waals surface area contributed by atoms with E-state index in [2.05, 4.69) is 26.1 Å². The molecule has 0 aromatic heterocycles. The molecule has 2 aromatic rings. The van der Waals surface area contributed by atoms with Crippen molar-refractivity contribution in [3.63, 3.8) is 0 Å². The first kappa shape index (κ1) is 21.3. The quantitative estimate of drug-likeness (QED) is 0.578. The van der Waals surface area contributed by atoms with Crippen LogP contribution in [0.15, 0.2) is 42.5 Å². The molecule has 1 amide bonds. The number of carbonyl (C=O) groups excluding carboxylic acids is 2. The smallest absolute Gasteiger partial charge is 0.341 e. The van der Waals surface area contributed by atoms with Crippen molar-refractivity contribution in [3.05, 3.63) is 65.2 Å². The predicted molar refractivity (Wildman–Crippen MR) is 100 cm³/mol. The molecule has 150 valence electrons. The van der Waals surface area contributed by atoms with E-state index in [0.717, 1.165) is 12.1 Å². The number of hydrogen-bond acceptors (Lipinski definition) is 4. The summed E-state index contributed by atoms with van der Waals surface area (Å²) in [5.41, 5.74) is 0.810. The number of rotatable bonds is 7. The Morgan fingerprint density at radius 1 is 1.04 bits per heavy atom. The Morgan fingerprint density at radius 3 is 2.32 bits per heavy atom.